The van der Waals surface area contributed by atoms with E-state index in [0.29, 0.717) is 17.1 Å². The lowest BCUT2D eigenvalue weighted by molar-refractivity contribution is 0.509. The summed E-state index contributed by atoms with van der Waals surface area (Å²) >= 11 is 0. The van der Waals surface area contributed by atoms with Crippen molar-refractivity contribution in [2.45, 2.75) is 0 Å². The van der Waals surface area contributed by atoms with Crippen LogP contribution in [0.15, 0.2) is 24.5 Å². The van der Waals surface area contributed by atoms with Crippen molar-refractivity contribution in [2.75, 3.05) is 12.4 Å². The first-order chi connectivity index (χ1) is 7.72. The topological polar surface area (TPSA) is 50.7 Å². The molecule has 0 bridgehead atoms. The molecule has 0 unspecified atom stereocenters. The minimum absolute atomic E-state index is 0.379. The highest BCUT2D eigenvalue weighted by Crippen LogP contribution is 2.23. The highest BCUT2D eigenvalue weighted by Gasteiger charge is 2.10. The lowest BCUT2D eigenvalue weighted by atomic mass is 10.1. The average molecular weight is 222 g/mol. The van der Waals surface area contributed by atoms with Crippen molar-refractivity contribution in [3.8, 4) is 11.3 Å². The Balaban J connectivity index is 2.54. The van der Waals surface area contributed by atoms with E-state index in [2.05, 4.69) is 20.5 Å². The van der Waals surface area contributed by atoms with Gasteiger partial charge in [-0.25, -0.2) is 13.8 Å². The molecule has 0 fully saturated rings. The first kappa shape index (κ1) is 10.4. The molecule has 0 amide bonds. The number of aromatic nitrogens is 3. The van der Waals surface area contributed by atoms with Crippen LogP contribution in [0.2, 0.25) is 0 Å². The second-order valence-electron chi connectivity index (χ2n) is 3.04. The van der Waals surface area contributed by atoms with Gasteiger partial charge in [0, 0.05) is 12.6 Å². The monoisotopic (exact) mass is 222 g/mol. The molecule has 0 aliphatic rings. The summed E-state index contributed by atoms with van der Waals surface area (Å²) in [5.74, 6) is -1.36. The third kappa shape index (κ3) is 1.81. The van der Waals surface area contributed by atoms with Crippen LogP contribution in [0, 0.1) is 11.6 Å². The molecule has 4 nitrogen and oxygen atoms in total. The van der Waals surface area contributed by atoms with Crippen molar-refractivity contribution >= 4 is 5.82 Å². The largest absolute Gasteiger partial charge is 0.371 e. The molecular formula is C10H8F2N4. The van der Waals surface area contributed by atoms with Crippen LogP contribution in [-0.4, -0.2) is 22.2 Å². The van der Waals surface area contributed by atoms with Gasteiger partial charge in [-0.3, -0.25) is 0 Å². The number of nitrogens with one attached hydrogen (secondary N) is 1. The van der Waals surface area contributed by atoms with E-state index in [1.807, 2.05) is 0 Å². The Bertz CT molecular complexity index is 516. The molecule has 2 aromatic rings. The summed E-state index contributed by atoms with van der Waals surface area (Å²) < 4.78 is 25.8. The van der Waals surface area contributed by atoms with Crippen LogP contribution in [0.3, 0.4) is 0 Å². The second kappa shape index (κ2) is 4.18. The number of halogens is 2. The molecule has 0 aliphatic heterocycles. The van der Waals surface area contributed by atoms with Gasteiger partial charge in [-0.05, 0) is 18.2 Å². The molecule has 0 aliphatic carbocycles. The molecule has 16 heavy (non-hydrogen) atoms. The molecule has 1 aromatic heterocycles. The van der Waals surface area contributed by atoms with E-state index in [0.717, 1.165) is 12.1 Å². The second-order valence-corrected chi connectivity index (χ2v) is 3.04. The lowest BCUT2D eigenvalue weighted by Crippen LogP contribution is -2.00. The van der Waals surface area contributed by atoms with Crippen LogP contribution in [0.25, 0.3) is 11.3 Å². The van der Waals surface area contributed by atoms with Gasteiger partial charge in [0.2, 0.25) is 0 Å². The predicted molar refractivity (Wildman–Crippen MR) is 54.7 cm³/mol. The zero-order valence-corrected chi connectivity index (χ0v) is 8.41. The van der Waals surface area contributed by atoms with Crippen molar-refractivity contribution < 1.29 is 8.78 Å². The van der Waals surface area contributed by atoms with E-state index >= 15 is 0 Å². The standard InChI is InChI=1S/C10H8F2N4/c1-13-10-9(16-15-5-14-10)6-2-3-7(11)8(12)4-6/h2-5H,1H3,(H,13,14,15). The fraction of sp³-hybridized carbons (Fsp3) is 0.100. The molecule has 6 heteroatoms. The Morgan fingerprint density at radius 1 is 1.19 bits per heavy atom. The Morgan fingerprint density at radius 3 is 2.69 bits per heavy atom. The molecule has 1 heterocycles. The van der Waals surface area contributed by atoms with Crippen LogP contribution in [0.1, 0.15) is 0 Å². The van der Waals surface area contributed by atoms with Crippen LogP contribution in [-0.2, 0) is 0 Å². The van der Waals surface area contributed by atoms with Crippen LogP contribution in [0.4, 0.5) is 14.6 Å². The van der Waals surface area contributed by atoms with Gasteiger partial charge in [-0.2, -0.15) is 0 Å². The molecule has 0 radical (unpaired) electrons. The molecule has 0 spiro atoms. The number of rotatable bonds is 2. The van der Waals surface area contributed by atoms with E-state index < -0.39 is 11.6 Å². The van der Waals surface area contributed by atoms with Crippen molar-refractivity contribution in [1.29, 1.82) is 0 Å². The molecule has 1 aromatic carbocycles. The molecule has 2 rings (SSSR count). The maximum absolute atomic E-state index is 13.0. The Kier molecular flexibility index (Phi) is 2.72. The number of hydrogen-bond donors (Lipinski definition) is 1. The van der Waals surface area contributed by atoms with Crippen molar-refractivity contribution in [3.63, 3.8) is 0 Å². The Labute approximate surface area is 90.4 Å². The molecule has 0 atom stereocenters. The zero-order chi connectivity index (χ0) is 11.5. The summed E-state index contributed by atoms with van der Waals surface area (Å²) in [6, 6.07) is 3.52. The number of hydrogen-bond acceptors (Lipinski definition) is 4. The lowest BCUT2D eigenvalue weighted by Gasteiger charge is -2.05. The first-order valence-corrected chi connectivity index (χ1v) is 4.53. The van der Waals surface area contributed by atoms with Gasteiger partial charge < -0.3 is 5.32 Å². The Hall–Kier alpha value is -2.11. The summed E-state index contributed by atoms with van der Waals surface area (Å²) in [6.07, 6.45) is 1.27. The van der Waals surface area contributed by atoms with Crippen molar-refractivity contribution in [2.24, 2.45) is 0 Å². The molecule has 0 saturated heterocycles. The smallest absolute Gasteiger partial charge is 0.159 e. The summed E-state index contributed by atoms with van der Waals surface area (Å²) in [5.41, 5.74) is 0.799. The zero-order valence-electron chi connectivity index (χ0n) is 8.41. The van der Waals surface area contributed by atoms with E-state index in [1.165, 1.54) is 12.4 Å². The fourth-order valence-corrected chi connectivity index (χ4v) is 1.30. The third-order valence-corrected chi connectivity index (χ3v) is 2.05. The number of benzene rings is 1. The van der Waals surface area contributed by atoms with Gasteiger partial charge >= 0.3 is 0 Å². The average Bonchev–Trinajstić information content (AvgIpc) is 2.32. The maximum atomic E-state index is 13.0. The van der Waals surface area contributed by atoms with Crippen molar-refractivity contribution in [1.82, 2.24) is 15.2 Å². The highest BCUT2D eigenvalue weighted by molar-refractivity contribution is 5.70. The van der Waals surface area contributed by atoms with Crippen LogP contribution >= 0.6 is 0 Å². The van der Waals surface area contributed by atoms with E-state index in [1.54, 1.807) is 7.05 Å². The Morgan fingerprint density at radius 2 is 2.00 bits per heavy atom. The minimum atomic E-state index is -0.926. The maximum Gasteiger partial charge on any atom is 0.159 e. The predicted octanol–water partition coefficient (Wildman–Crippen LogP) is 1.86. The number of anilines is 1. The van der Waals surface area contributed by atoms with Gasteiger partial charge in [0.1, 0.15) is 12.0 Å². The van der Waals surface area contributed by atoms with Crippen molar-refractivity contribution in [3.05, 3.63) is 36.2 Å². The van der Waals surface area contributed by atoms with Gasteiger partial charge in [0.05, 0.1) is 0 Å². The third-order valence-electron chi connectivity index (χ3n) is 2.05. The summed E-state index contributed by atoms with van der Waals surface area (Å²) in [7, 11) is 1.66. The minimum Gasteiger partial charge on any atom is -0.371 e. The SMILES string of the molecule is CNc1ncnnc1-c1ccc(F)c(F)c1. The van der Waals surface area contributed by atoms with Gasteiger partial charge in [0.25, 0.3) is 0 Å². The highest BCUT2D eigenvalue weighted by atomic mass is 19.2. The van der Waals surface area contributed by atoms with E-state index in [9.17, 15) is 8.78 Å². The molecule has 82 valence electrons. The number of nitrogens with zero attached hydrogens (tertiary/aromatic N) is 3. The van der Waals surface area contributed by atoms with Gasteiger partial charge in [-0.15, -0.1) is 10.2 Å². The normalized spacial score (nSPS) is 10.2. The molecule has 0 saturated carbocycles. The summed E-state index contributed by atoms with van der Waals surface area (Å²) in [5, 5.41) is 10.2. The first-order valence-electron chi connectivity index (χ1n) is 4.53. The molecular weight excluding hydrogens is 214 g/mol. The fourth-order valence-electron chi connectivity index (χ4n) is 1.30. The van der Waals surface area contributed by atoms with E-state index in [-0.39, 0.29) is 0 Å². The summed E-state index contributed by atoms with van der Waals surface area (Å²) in [6.45, 7) is 0. The van der Waals surface area contributed by atoms with Crippen LogP contribution in [0.5, 0.6) is 0 Å². The van der Waals surface area contributed by atoms with Crippen LogP contribution < -0.4 is 5.32 Å². The van der Waals surface area contributed by atoms with Gasteiger partial charge in [0.15, 0.2) is 17.5 Å². The van der Waals surface area contributed by atoms with E-state index in [4.69, 9.17) is 0 Å². The van der Waals surface area contributed by atoms with Gasteiger partial charge in [-0.1, -0.05) is 0 Å². The summed E-state index contributed by atoms with van der Waals surface area (Å²) in [4.78, 5) is 3.92. The quantitative estimate of drug-likeness (QED) is 0.842. The molecule has 1 N–H and O–H groups in total.